The van der Waals surface area contributed by atoms with Crippen LogP contribution in [0.2, 0.25) is 0 Å². The van der Waals surface area contributed by atoms with Gasteiger partial charge in [0.15, 0.2) is 0 Å². The van der Waals surface area contributed by atoms with Gasteiger partial charge in [-0.25, -0.2) is 4.98 Å². The van der Waals surface area contributed by atoms with Gasteiger partial charge in [0.05, 0.1) is 15.2 Å². The first-order valence-corrected chi connectivity index (χ1v) is 6.25. The third kappa shape index (κ3) is 2.68. The molecule has 0 unspecified atom stereocenters. The first kappa shape index (κ1) is 11.3. The Labute approximate surface area is 100 Å². The number of hydrogen-bond donors (Lipinski definition) is 0. The molecule has 2 nitrogen and oxygen atoms in total. The topological polar surface area (TPSA) is 16.1 Å². The highest BCUT2D eigenvalue weighted by Gasteiger charge is 2.03. The number of benzene rings is 1. The minimum atomic E-state index is 0.935. The number of hydrogen-bond acceptors (Lipinski definition) is 3. The second-order valence-electron chi connectivity index (χ2n) is 3.88. The number of thiazole rings is 1. The molecule has 2 aromatic rings. The van der Waals surface area contributed by atoms with E-state index in [1.165, 1.54) is 9.71 Å². The second-order valence-corrected chi connectivity index (χ2v) is 4.99. The zero-order valence-corrected chi connectivity index (χ0v) is 10.3. The molecule has 1 aromatic carbocycles. The highest BCUT2D eigenvalue weighted by atomic mass is 32.1. The number of rotatable bonds is 5. The Morgan fingerprint density at radius 2 is 2.25 bits per heavy atom. The van der Waals surface area contributed by atoms with Crippen LogP contribution in [0.15, 0.2) is 36.9 Å². The maximum Gasteiger partial charge on any atom is 0.0951 e. The third-order valence-electron chi connectivity index (χ3n) is 2.49. The molecule has 1 heterocycles. The van der Waals surface area contributed by atoms with Crippen LogP contribution in [-0.2, 0) is 6.42 Å². The molecule has 0 amide bonds. The van der Waals surface area contributed by atoms with Crippen LogP contribution in [0.5, 0.6) is 0 Å². The molecule has 0 saturated carbocycles. The predicted octanol–water partition coefficient (Wildman–Crippen LogP) is 2.96. The molecule has 16 heavy (non-hydrogen) atoms. The van der Waals surface area contributed by atoms with Crippen LogP contribution in [-0.4, -0.2) is 30.0 Å². The summed E-state index contributed by atoms with van der Waals surface area (Å²) in [5, 5.41) is 1.22. The number of fused-ring (bicyclic) bond motifs is 1. The van der Waals surface area contributed by atoms with Crippen LogP contribution in [0.1, 0.15) is 5.01 Å². The lowest BCUT2D eigenvalue weighted by molar-refractivity contribution is 0.375. The van der Waals surface area contributed by atoms with E-state index in [2.05, 4.69) is 41.7 Å². The summed E-state index contributed by atoms with van der Waals surface area (Å²) in [7, 11) is 2.11. The molecule has 1 aromatic heterocycles. The van der Waals surface area contributed by atoms with E-state index in [-0.39, 0.29) is 0 Å². The van der Waals surface area contributed by atoms with Gasteiger partial charge in [0.25, 0.3) is 0 Å². The Balaban J connectivity index is 2.01. The number of para-hydroxylation sites is 1. The molecular weight excluding hydrogens is 216 g/mol. The maximum atomic E-state index is 4.61. The SMILES string of the molecule is C=CCN(C)CCc1nc2ccccc2s1. The van der Waals surface area contributed by atoms with Crippen molar-refractivity contribution in [3.63, 3.8) is 0 Å². The lowest BCUT2D eigenvalue weighted by Gasteiger charge is -2.12. The summed E-state index contributed by atoms with van der Waals surface area (Å²) in [6.45, 7) is 5.70. The minimum absolute atomic E-state index is 0.935. The molecule has 0 aliphatic rings. The fourth-order valence-corrected chi connectivity index (χ4v) is 2.58. The Hall–Kier alpha value is -1.19. The van der Waals surface area contributed by atoms with Crippen molar-refractivity contribution in [2.75, 3.05) is 20.1 Å². The lowest BCUT2D eigenvalue weighted by atomic mass is 10.3. The lowest BCUT2D eigenvalue weighted by Crippen LogP contribution is -2.20. The zero-order chi connectivity index (χ0) is 11.4. The fraction of sp³-hybridized carbons (Fsp3) is 0.308. The maximum absolute atomic E-state index is 4.61. The summed E-state index contributed by atoms with van der Waals surface area (Å²) in [4.78, 5) is 6.86. The fourth-order valence-electron chi connectivity index (χ4n) is 1.63. The molecule has 0 bridgehead atoms. The first-order valence-electron chi connectivity index (χ1n) is 5.43. The van der Waals surface area contributed by atoms with E-state index >= 15 is 0 Å². The van der Waals surface area contributed by atoms with Crippen LogP contribution < -0.4 is 0 Å². The van der Waals surface area contributed by atoms with Crippen molar-refractivity contribution in [1.29, 1.82) is 0 Å². The summed E-state index contributed by atoms with van der Waals surface area (Å²) in [5.41, 5.74) is 1.12. The highest BCUT2D eigenvalue weighted by Crippen LogP contribution is 2.21. The van der Waals surface area contributed by atoms with E-state index in [1.807, 2.05) is 12.1 Å². The molecule has 0 spiro atoms. The van der Waals surface area contributed by atoms with Crippen molar-refractivity contribution < 1.29 is 0 Å². The van der Waals surface area contributed by atoms with Crippen molar-refractivity contribution in [3.05, 3.63) is 41.9 Å². The van der Waals surface area contributed by atoms with Gasteiger partial charge in [-0.15, -0.1) is 17.9 Å². The standard InChI is InChI=1S/C13H16N2S/c1-3-9-15(2)10-8-13-14-11-6-4-5-7-12(11)16-13/h3-7H,1,8-10H2,2H3. The van der Waals surface area contributed by atoms with Gasteiger partial charge in [0, 0.05) is 19.5 Å². The van der Waals surface area contributed by atoms with Crippen LogP contribution >= 0.6 is 11.3 Å². The van der Waals surface area contributed by atoms with Gasteiger partial charge in [-0.05, 0) is 19.2 Å². The van der Waals surface area contributed by atoms with Crippen molar-refractivity contribution >= 4 is 21.6 Å². The molecule has 0 fully saturated rings. The quantitative estimate of drug-likeness (QED) is 0.737. The molecule has 84 valence electrons. The largest absolute Gasteiger partial charge is 0.302 e. The van der Waals surface area contributed by atoms with Gasteiger partial charge >= 0.3 is 0 Å². The number of aromatic nitrogens is 1. The average molecular weight is 232 g/mol. The number of likely N-dealkylation sites (N-methyl/N-ethyl adjacent to an activating group) is 1. The molecule has 0 radical (unpaired) electrons. The predicted molar refractivity (Wildman–Crippen MR) is 71.0 cm³/mol. The van der Waals surface area contributed by atoms with Gasteiger partial charge in [-0.3, -0.25) is 0 Å². The Kier molecular flexibility index (Phi) is 3.70. The zero-order valence-electron chi connectivity index (χ0n) is 9.52. The first-order chi connectivity index (χ1) is 7.79. The monoisotopic (exact) mass is 232 g/mol. The molecule has 2 rings (SSSR count). The average Bonchev–Trinajstić information content (AvgIpc) is 2.69. The van der Waals surface area contributed by atoms with E-state index in [4.69, 9.17) is 0 Å². The van der Waals surface area contributed by atoms with Crippen LogP contribution in [0.25, 0.3) is 10.2 Å². The Morgan fingerprint density at radius 1 is 1.44 bits per heavy atom. The Morgan fingerprint density at radius 3 is 3.00 bits per heavy atom. The molecular formula is C13H16N2S. The van der Waals surface area contributed by atoms with Gasteiger partial charge in [-0.2, -0.15) is 0 Å². The minimum Gasteiger partial charge on any atom is -0.302 e. The summed E-state index contributed by atoms with van der Waals surface area (Å²) in [5.74, 6) is 0. The summed E-state index contributed by atoms with van der Waals surface area (Å²) >= 11 is 1.79. The van der Waals surface area contributed by atoms with Gasteiger partial charge < -0.3 is 4.90 Å². The summed E-state index contributed by atoms with van der Waals surface area (Å²) in [6, 6.07) is 8.30. The van der Waals surface area contributed by atoms with Crippen molar-refractivity contribution in [2.24, 2.45) is 0 Å². The third-order valence-corrected chi connectivity index (χ3v) is 3.58. The molecule has 0 aliphatic carbocycles. The van der Waals surface area contributed by atoms with E-state index in [0.29, 0.717) is 0 Å². The molecule has 0 N–H and O–H groups in total. The van der Waals surface area contributed by atoms with E-state index in [9.17, 15) is 0 Å². The Bertz CT molecular complexity index is 442. The van der Waals surface area contributed by atoms with Crippen molar-refractivity contribution in [2.45, 2.75) is 6.42 Å². The highest BCUT2D eigenvalue weighted by molar-refractivity contribution is 7.18. The van der Waals surface area contributed by atoms with Crippen molar-refractivity contribution in [1.82, 2.24) is 9.88 Å². The smallest absolute Gasteiger partial charge is 0.0951 e. The summed E-state index contributed by atoms with van der Waals surface area (Å²) < 4.78 is 1.28. The van der Waals surface area contributed by atoms with E-state index in [1.54, 1.807) is 11.3 Å². The van der Waals surface area contributed by atoms with E-state index < -0.39 is 0 Å². The molecule has 0 aliphatic heterocycles. The van der Waals surface area contributed by atoms with E-state index in [0.717, 1.165) is 25.0 Å². The number of nitrogens with zero attached hydrogens (tertiary/aromatic N) is 2. The normalized spacial score (nSPS) is 11.1. The summed E-state index contributed by atoms with van der Waals surface area (Å²) in [6.07, 6.45) is 2.95. The van der Waals surface area contributed by atoms with Crippen LogP contribution in [0, 0.1) is 0 Å². The molecule has 3 heteroatoms. The van der Waals surface area contributed by atoms with Crippen LogP contribution in [0.3, 0.4) is 0 Å². The van der Waals surface area contributed by atoms with Crippen molar-refractivity contribution in [3.8, 4) is 0 Å². The molecule has 0 atom stereocenters. The van der Waals surface area contributed by atoms with Crippen LogP contribution in [0.4, 0.5) is 0 Å². The second kappa shape index (κ2) is 5.23. The van der Waals surface area contributed by atoms with Gasteiger partial charge in [0.2, 0.25) is 0 Å². The van der Waals surface area contributed by atoms with Gasteiger partial charge in [-0.1, -0.05) is 18.2 Å². The molecule has 0 saturated heterocycles. The van der Waals surface area contributed by atoms with Gasteiger partial charge in [0.1, 0.15) is 0 Å².